The number of hydrogen-bond acceptors (Lipinski definition) is 2. The zero-order valence-corrected chi connectivity index (χ0v) is 7.13. The molecule has 1 unspecified atom stereocenters. The summed E-state index contributed by atoms with van der Waals surface area (Å²) in [6, 6.07) is 3.56. The van der Waals surface area contributed by atoms with Crippen LogP contribution in [0.3, 0.4) is 0 Å². The van der Waals surface area contributed by atoms with E-state index in [0.29, 0.717) is 18.5 Å². The Morgan fingerprint density at radius 2 is 2.33 bits per heavy atom. The van der Waals surface area contributed by atoms with Crippen molar-refractivity contribution in [2.45, 2.75) is 19.5 Å². The Morgan fingerprint density at radius 3 is 2.83 bits per heavy atom. The molecule has 0 aliphatic rings. The van der Waals surface area contributed by atoms with E-state index in [2.05, 4.69) is 4.98 Å². The minimum absolute atomic E-state index is 0.366. The van der Waals surface area contributed by atoms with E-state index in [0.717, 1.165) is 5.69 Å². The Hall–Kier alpha value is -0.960. The molecule has 0 bridgehead atoms. The van der Waals surface area contributed by atoms with Crippen LogP contribution in [0.25, 0.3) is 0 Å². The lowest BCUT2D eigenvalue weighted by Crippen LogP contribution is -2.03. The maximum atomic E-state index is 13.1. The lowest BCUT2D eigenvalue weighted by atomic mass is 10.1. The Kier molecular flexibility index (Phi) is 3.17. The molecule has 0 radical (unpaired) electrons. The van der Waals surface area contributed by atoms with Crippen molar-refractivity contribution < 1.29 is 4.39 Å². The molecule has 0 amide bonds. The van der Waals surface area contributed by atoms with Crippen molar-refractivity contribution in [2.75, 3.05) is 6.54 Å². The summed E-state index contributed by atoms with van der Waals surface area (Å²) in [5, 5.41) is 0. The van der Waals surface area contributed by atoms with Crippen LogP contribution in [-0.2, 0) is 0 Å². The number of nitrogens with two attached hydrogens (primary N) is 1. The van der Waals surface area contributed by atoms with Crippen LogP contribution in [0.2, 0.25) is 0 Å². The van der Waals surface area contributed by atoms with Gasteiger partial charge in [-0.25, -0.2) is 4.39 Å². The van der Waals surface area contributed by atoms with Crippen molar-refractivity contribution in [3.8, 4) is 0 Å². The predicted octanol–water partition coefficient (Wildman–Crippen LogP) is 1.75. The maximum Gasteiger partial charge on any atom is 0.128 e. The van der Waals surface area contributed by atoms with Gasteiger partial charge in [0.2, 0.25) is 0 Å². The molecule has 2 N–H and O–H groups in total. The molecule has 0 spiro atoms. The SMILES string of the molecule is Cc1ccc(C(F)CCN)cn1. The van der Waals surface area contributed by atoms with Gasteiger partial charge in [-0.3, -0.25) is 4.98 Å². The number of pyridine rings is 1. The summed E-state index contributed by atoms with van der Waals surface area (Å²) in [6.45, 7) is 2.25. The first kappa shape index (κ1) is 9.13. The largest absolute Gasteiger partial charge is 0.330 e. The monoisotopic (exact) mass is 168 g/mol. The number of alkyl halides is 1. The minimum atomic E-state index is -0.969. The van der Waals surface area contributed by atoms with E-state index in [-0.39, 0.29) is 0 Å². The van der Waals surface area contributed by atoms with Crippen LogP contribution < -0.4 is 5.73 Å². The van der Waals surface area contributed by atoms with Gasteiger partial charge >= 0.3 is 0 Å². The van der Waals surface area contributed by atoms with Crippen molar-refractivity contribution in [3.05, 3.63) is 29.6 Å². The van der Waals surface area contributed by atoms with Gasteiger partial charge in [0, 0.05) is 17.5 Å². The summed E-state index contributed by atoms with van der Waals surface area (Å²) in [5.74, 6) is 0. The molecule has 1 heterocycles. The molecule has 0 aromatic carbocycles. The van der Waals surface area contributed by atoms with Crippen LogP contribution in [0.1, 0.15) is 23.8 Å². The highest BCUT2D eigenvalue weighted by Crippen LogP contribution is 2.19. The van der Waals surface area contributed by atoms with Crippen LogP contribution in [0.4, 0.5) is 4.39 Å². The van der Waals surface area contributed by atoms with E-state index in [9.17, 15) is 4.39 Å². The average Bonchev–Trinajstić information content (AvgIpc) is 2.06. The number of nitrogens with zero attached hydrogens (tertiary/aromatic N) is 1. The van der Waals surface area contributed by atoms with Gasteiger partial charge < -0.3 is 5.73 Å². The van der Waals surface area contributed by atoms with Gasteiger partial charge in [-0.1, -0.05) is 6.07 Å². The highest BCUT2D eigenvalue weighted by atomic mass is 19.1. The first-order chi connectivity index (χ1) is 5.74. The molecule has 0 fully saturated rings. The van der Waals surface area contributed by atoms with Crippen LogP contribution >= 0.6 is 0 Å². The van der Waals surface area contributed by atoms with E-state index in [1.807, 2.05) is 6.92 Å². The zero-order chi connectivity index (χ0) is 8.97. The summed E-state index contributed by atoms with van der Waals surface area (Å²) in [7, 11) is 0. The third-order valence-corrected chi connectivity index (χ3v) is 1.72. The third-order valence-electron chi connectivity index (χ3n) is 1.72. The molecule has 1 aromatic heterocycles. The first-order valence-corrected chi connectivity index (χ1v) is 4.00. The highest BCUT2D eigenvalue weighted by molar-refractivity contribution is 5.15. The molecular weight excluding hydrogens is 155 g/mol. The molecule has 1 atom stereocenters. The van der Waals surface area contributed by atoms with Crippen molar-refractivity contribution >= 4 is 0 Å². The molecule has 0 saturated carbocycles. The van der Waals surface area contributed by atoms with Gasteiger partial charge in [0.25, 0.3) is 0 Å². The Morgan fingerprint density at radius 1 is 1.58 bits per heavy atom. The number of aromatic nitrogens is 1. The van der Waals surface area contributed by atoms with Crippen LogP contribution in [0.5, 0.6) is 0 Å². The lowest BCUT2D eigenvalue weighted by molar-refractivity contribution is 0.327. The highest BCUT2D eigenvalue weighted by Gasteiger charge is 2.07. The first-order valence-electron chi connectivity index (χ1n) is 4.00. The number of hydrogen-bond donors (Lipinski definition) is 1. The van der Waals surface area contributed by atoms with Gasteiger partial charge in [0.15, 0.2) is 0 Å². The summed E-state index contributed by atoms with van der Waals surface area (Å²) in [4.78, 5) is 4.00. The van der Waals surface area contributed by atoms with E-state index in [1.54, 1.807) is 18.3 Å². The van der Waals surface area contributed by atoms with E-state index >= 15 is 0 Å². The normalized spacial score (nSPS) is 12.9. The summed E-state index contributed by atoms with van der Waals surface area (Å²) in [6.07, 6.45) is 0.962. The zero-order valence-electron chi connectivity index (χ0n) is 7.13. The van der Waals surface area contributed by atoms with Gasteiger partial charge in [0.05, 0.1) is 0 Å². The third kappa shape index (κ3) is 2.27. The average molecular weight is 168 g/mol. The fraction of sp³-hybridized carbons (Fsp3) is 0.444. The Bertz CT molecular complexity index is 233. The summed E-state index contributed by atoms with van der Waals surface area (Å²) < 4.78 is 13.1. The molecular formula is C9H13FN2. The standard InChI is InChI=1S/C9H13FN2/c1-7-2-3-8(6-12-7)9(10)4-5-11/h2-3,6,9H,4-5,11H2,1H3. The van der Waals surface area contributed by atoms with Crippen molar-refractivity contribution in [2.24, 2.45) is 5.73 Å². The summed E-state index contributed by atoms with van der Waals surface area (Å²) in [5.41, 5.74) is 6.75. The molecule has 2 nitrogen and oxygen atoms in total. The van der Waals surface area contributed by atoms with Crippen molar-refractivity contribution in [1.29, 1.82) is 0 Å². The van der Waals surface area contributed by atoms with E-state index in [4.69, 9.17) is 5.73 Å². The smallest absolute Gasteiger partial charge is 0.128 e. The summed E-state index contributed by atoms with van der Waals surface area (Å²) >= 11 is 0. The molecule has 1 rings (SSSR count). The second kappa shape index (κ2) is 4.16. The molecule has 0 saturated heterocycles. The molecule has 66 valence electrons. The van der Waals surface area contributed by atoms with Crippen molar-refractivity contribution in [3.63, 3.8) is 0 Å². The molecule has 12 heavy (non-hydrogen) atoms. The lowest BCUT2D eigenvalue weighted by Gasteiger charge is -2.05. The molecule has 3 heteroatoms. The van der Waals surface area contributed by atoms with Gasteiger partial charge in [-0.2, -0.15) is 0 Å². The van der Waals surface area contributed by atoms with E-state index in [1.165, 1.54) is 0 Å². The van der Waals surface area contributed by atoms with Crippen LogP contribution in [0.15, 0.2) is 18.3 Å². The fourth-order valence-electron chi connectivity index (χ4n) is 0.978. The quantitative estimate of drug-likeness (QED) is 0.746. The van der Waals surface area contributed by atoms with Gasteiger partial charge in [-0.15, -0.1) is 0 Å². The fourth-order valence-corrected chi connectivity index (χ4v) is 0.978. The molecule has 0 aliphatic carbocycles. The second-order valence-electron chi connectivity index (χ2n) is 2.78. The van der Waals surface area contributed by atoms with Crippen LogP contribution in [-0.4, -0.2) is 11.5 Å². The molecule has 0 aliphatic heterocycles. The Balaban J connectivity index is 2.68. The van der Waals surface area contributed by atoms with Crippen LogP contribution in [0, 0.1) is 6.92 Å². The minimum Gasteiger partial charge on any atom is -0.330 e. The van der Waals surface area contributed by atoms with E-state index < -0.39 is 6.17 Å². The van der Waals surface area contributed by atoms with Crippen molar-refractivity contribution in [1.82, 2.24) is 4.98 Å². The van der Waals surface area contributed by atoms with Gasteiger partial charge in [-0.05, 0) is 26.0 Å². The number of rotatable bonds is 3. The van der Waals surface area contributed by atoms with Gasteiger partial charge in [0.1, 0.15) is 6.17 Å². The number of aryl methyl sites for hydroxylation is 1. The predicted molar refractivity (Wildman–Crippen MR) is 46.5 cm³/mol. The maximum absolute atomic E-state index is 13.1. The topological polar surface area (TPSA) is 38.9 Å². The Labute approximate surface area is 71.6 Å². The second-order valence-corrected chi connectivity index (χ2v) is 2.78. The number of halogens is 1. The molecule has 1 aromatic rings.